The van der Waals surface area contributed by atoms with Gasteiger partial charge in [0.05, 0.1) is 13.2 Å². The highest BCUT2D eigenvalue weighted by Gasteiger charge is 2.33. The van der Waals surface area contributed by atoms with E-state index in [9.17, 15) is 0 Å². The van der Waals surface area contributed by atoms with Crippen LogP contribution in [0.25, 0.3) is 0 Å². The number of hydroxylamine groups is 1. The van der Waals surface area contributed by atoms with Crippen LogP contribution in [-0.4, -0.2) is 13.2 Å². The number of benzene rings is 1. The molecule has 1 aromatic rings. The van der Waals surface area contributed by atoms with Crippen molar-refractivity contribution in [3.05, 3.63) is 29.3 Å². The molecule has 1 N–H and O–H groups in total. The quantitative estimate of drug-likeness (QED) is 0.793. The highest BCUT2D eigenvalue weighted by atomic mass is 16.6. The predicted molar refractivity (Wildman–Crippen MR) is 63.4 cm³/mol. The third-order valence-electron chi connectivity index (χ3n) is 2.97. The molecule has 1 heterocycles. The van der Waals surface area contributed by atoms with Crippen molar-refractivity contribution in [2.45, 2.75) is 38.8 Å². The minimum atomic E-state index is 0.153. The van der Waals surface area contributed by atoms with Gasteiger partial charge in [0.15, 0.2) is 0 Å². The SMILES string of the molecule is CCCC1Oc2ccc(C)cc2C1NOC. The lowest BCUT2D eigenvalue weighted by Gasteiger charge is -2.18. The average molecular weight is 221 g/mol. The molecule has 0 bridgehead atoms. The average Bonchev–Trinajstić information content (AvgIpc) is 2.58. The topological polar surface area (TPSA) is 30.5 Å². The lowest BCUT2D eigenvalue weighted by atomic mass is 10.00. The fourth-order valence-electron chi connectivity index (χ4n) is 2.23. The minimum Gasteiger partial charge on any atom is -0.488 e. The third-order valence-corrected chi connectivity index (χ3v) is 2.97. The number of hydrogen-bond donors (Lipinski definition) is 1. The molecule has 0 aliphatic carbocycles. The molecule has 0 fully saturated rings. The van der Waals surface area contributed by atoms with Gasteiger partial charge in [-0.3, -0.25) is 0 Å². The molecule has 1 aliphatic rings. The largest absolute Gasteiger partial charge is 0.488 e. The van der Waals surface area contributed by atoms with Crippen LogP contribution in [0.15, 0.2) is 18.2 Å². The Bertz CT molecular complexity index is 365. The van der Waals surface area contributed by atoms with E-state index < -0.39 is 0 Å². The summed E-state index contributed by atoms with van der Waals surface area (Å²) in [6.07, 6.45) is 2.33. The van der Waals surface area contributed by atoms with E-state index in [-0.39, 0.29) is 12.1 Å². The van der Waals surface area contributed by atoms with Crippen molar-refractivity contribution in [2.24, 2.45) is 0 Å². The van der Waals surface area contributed by atoms with E-state index in [1.54, 1.807) is 7.11 Å². The van der Waals surface area contributed by atoms with Crippen molar-refractivity contribution in [1.82, 2.24) is 5.48 Å². The molecule has 0 saturated heterocycles. The molecule has 1 aliphatic heterocycles. The fourth-order valence-corrected chi connectivity index (χ4v) is 2.23. The zero-order chi connectivity index (χ0) is 11.5. The van der Waals surface area contributed by atoms with Gasteiger partial charge in [-0.05, 0) is 19.4 Å². The van der Waals surface area contributed by atoms with Gasteiger partial charge in [-0.2, -0.15) is 5.48 Å². The number of aryl methyl sites for hydroxylation is 1. The molecule has 0 radical (unpaired) electrons. The molecule has 0 amide bonds. The molecule has 0 saturated carbocycles. The van der Waals surface area contributed by atoms with Gasteiger partial charge in [-0.1, -0.05) is 31.0 Å². The molecule has 3 heteroatoms. The van der Waals surface area contributed by atoms with Gasteiger partial charge in [0.1, 0.15) is 11.9 Å². The molecule has 2 unspecified atom stereocenters. The lowest BCUT2D eigenvalue weighted by Crippen LogP contribution is -2.30. The van der Waals surface area contributed by atoms with Gasteiger partial charge in [-0.15, -0.1) is 0 Å². The molecule has 0 spiro atoms. The summed E-state index contributed by atoms with van der Waals surface area (Å²) >= 11 is 0. The van der Waals surface area contributed by atoms with Crippen LogP contribution >= 0.6 is 0 Å². The van der Waals surface area contributed by atoms with Crippen LogP contribution in [-0.2, 0) is 4.84 Å². The highest BCUT2D eigenvalue weighted by Crippen LogP contribution is 2.38. The number of rotatable bonds is 4. The first kappa shape index (κ1) is 11.4. The Kier molecular flexibility index (Phi) is 3.46. The molecule has 16 heavy (non-hydrogen) atoms. The number of nitrogens with one attached hydrogen (secondary N) is 1. The molecular weight excluding hydrogens is 202 g/mol. The van der Waals surface area contributed by atoms with Crippen molar-refractivity contribution >= 4 is 0 Å². The standard InChI is InChI=1S/C13H19NO2/c1-4-5-12-13(14-15-3)10-8-9(2)6-7-11(10)16-12/h6-8,12-14H,4-5H2,1-3H3. The van der Waals surface area contributed by atoms with Gasteiger partial charge in [0.25, 0.3) is 0 Å². The van der Waals surface area contributed by atoms with E-state index in [1.807, 2.05) is 6.07 Å². The van der Waals surface area contributed by atoms with Gasteiger partial charge in [-0.25, -0.2) is 0 Å². The molecule has 1 aromatic carbocycles. The highest BCUT2D eigenvalue weighted by molar-refractivity contribution is 5.43. The maximum atomic E-state index is 5.92. The second-order valence-corrected chi connectivity index (χ2v) is 4.29. The number of ether oxygens (including phenoxy) is 1. The number of fused-ring (bicyclic) bond motifs is 1. The summed E-state index contributed by atoms with van der Waals surface area (Å²) in [5, 5.41) is 0. The Labute approximate surface area is 96.7 Å². The van der Waals surface area contributed by atoms with Crippen molar-refractivity contribution in [2.75, 3.05) is 7.11 Å². The summed E-state index contributed by atoms with van der Waals surface area (Å²) in [6, 6.07) is 6.45. The second kappa shape index (κ2) is 4.85. The van der Waals surface area contributed by atoms with Gasteiger partial charge in [0, 0.05) is 5.56 Å². The zero-order valence-corrected chi connectivity index (χ0v) is 10.1. The third kappa shape index (κ3) is 2.06. The number of hydrogen-bond acceptors (Lipinski definition) is 3. The van der Waals surface area contributed by atoms with Crippen molar-refractivity contribution in [3.63, 3.8) is 0 Å². The fraction of sp³-hybridized carbons (Fsp3) is 0.538. The predicted octanol–water partition coefficient (Wildman–Crippen LogP) is 2.75. The molecular formula is C13H19NO2. The molecule has 0 aromatic heterocycles. The van der Waals surface area contributed by atoms with Crippen molar-refractivity contribution in [3.8, 4) is 5.75 Å². The van der Waals surface area contributed by atoms with Gasteiger partial charge in [0.2, 0.25) is 0 Å². The first-order chi connectivity index (χ1) is 7.76. The van der Waals surface area contributed by atoms with E-state index in [2.05, 4.69) is 31.5 Å². The van der Waals surface area contributed by atoms with Gasteiger partial charge < -0.3 is 9.57 Å². The van der Waals surface area contributed by atoms with E-state index in [4.69, 9.17) is 9.57 Å². The van der Waals surface area contributed by atoms with E-state index >= 15 is 0 Å². The Morgan fingerprint density at radius 1 is 1.44 bits per heavy atom. The lowest BCUT2D eigenvalue weighted by molar-refractivity contribution is 0.0269. The van der Waals surface area contributed by atoms with Crippen molar-refractivity contribution in [1.29, 1.82) is 0 Å². The molecule has 3 nitrogen and oxygen atoms in total. The van der Waals surface area contributed by atoms with E-state index in [1.165, 1.54) is 11.1 Å². The van der Waals surface area contributed by atoms with Crippen LogP contribution in [0.3, 0.4) is 0 Å². The first-order valence-electron chi connectivity index (χ1n) is 5.82. The van der Waals surface area contributed by atoms with Crippen LogP contribution in [0, 0.1) is 6.92 Å². The van der Waals surface area contributed by atoms with E-state index in [0.717, 1.165) is 18.6 Å². The molecule has 2 rings (SSSR count). The summed E-state index contributed by atoms with van der Waals surface area (Å²) in [6.45, 7) is 4.26. The molecule has 88 valence electrons. The minimum absolute atomic E-state index is 0.153. The normalized spacial score (nSPS) is 22.9. The summed E-state index contributed by atoms with van der Waals surface area (Å²) in [5.41, 5.74) is 5.50. The summed E-state index contributed by atoms with van der Waals surface area (Å²) in [7, 11) is 1.65. The monoisotopic (exact) mass is 221 g/mol. The van der Waals surface area contributed by atoms with Crippen LogP contribution in [0.2, 0.25) is 0 Å². The first-order valence-corrected chi connectivity index (χ1v) is 5.82. The van der Waals surface area contributed by atoms with Crippen LogP contribution < -0.4 is 10.2 Å². The Morgan fingerprint density at radius 3 is 2.94 bits per heavy atom. The van der Waals surface area contributed by atoms with Crippen LogP contribution in [0.4, 0.5) is 0 Å². The molecule has 2 atom stereocenters. The zero-order valence-electron chi connectivity index (χ0n) is 10.1. The smallest absolute Gasteiger partial charge is 0.124 e. The van der Waals surface area contributed by atoms with Gasteiger partial charge >= 0.3 is 0 Å². The Morgan fingerprint density at radius 2 is 2.25 bits per heavy atom. The second-order valence-electron chi connectivity index (χ2n) is 4.29. The maximum Gasteiger partial charge on any atom is 0.124 e. The Hall–Kier alpha value is -1.06. The van der Waals surface area contributed by atoms with Crippen molar-refractivity contribution < 1.29 is 9.57 Å². The van der Waals surface area contributed by atoms with E-state index in [0.29, 0.717) is 0 Å². The maximum absolute atomic E-state index is 5.92. The summed E-state index contributed by atoms with van der Waals surface area (Å²) < 4.78 is 5.92. The van der Waals surface area contributed by atoms with Crippen LogP contribution in [0.5, 0.6) is 5.75 Å². The summed E-state index contributed by atoms with van der Waals surface area (Å²) in [5.74, 6) is 0.985. The Balaban J connectivity index is 2.26. The van der Waals surface area contributed by atoms with Crippen LogP contribution in [0.1, 0.15) is 36.9 Å². The summed E-state index contributed by atoms with van der Waals surface area (Å²) in [4.78, 5) is 5.07.